The van der Waals surface area contributed by atoms with Gasteiger partial charge in [0, 0.05) is 19.8 Å². The second-order valence-corrected chi connectivity index (χ2v) is 4.70. The van der Waals surface area contributed by atoms with Crippen LogP contribution in [0.2, 0.25) is 0 Å². The number of nitrogens with one attached hydrogen (secondary N) is 1. The lowest BCUT2D eigenvalue weighted by Gasteiger charge is -2.32. The second-order valence-electron chi connectivity index (χ2n) is 4.70. The molecule has 0 bridgehead atoms. The number of rotatable bonds is 7. The maximum atomic E-state index is 5.09. The molecule has 1 N–H and O–H groups in total. The van der Waals surface area contributed by atoms with Gasteiger partial charge >= 0.3 is 0 Å². The van der Waals surface area contributed by atoms with Crippen LogP contribution in [0.4, 0.5) is 0 Å². The quantitative estimate of drug-likeness (QED) is 0.656. The van der Waals surface area contributed by atoms with Gasteiger partial charge in [-0.05, 0) is 38.1 Å². The van der Waals surface area contributed by atoms with Gasteiger partial charge in [0.1, 0.15) is 0 Å². The van der Waals surface area contributed by atoms with Gasteiger partial charge in [0.2, 0.25) is 0 Å². The van der Waals surface area contributed by atoms with Crippen molar-refractivity contribution in [3.8, 4) is 0 Å². The standard InChI is InChI=1S/C13H27NO/c1-3-14-13-10-5-4-8-12(13)9-6-7-11-15-2/h12-14H,3-11H2,1-2H3. The van der Waals surface area contributed by atoms with Gasteiger partial charge in [-0.3, -0.25) is 0 Å². The van der Waals surface area contributed by atoms with E-state index in [2.05, 4.69) is 12.2 Å². The van der Waals surface area contributed by atoms with E-state index in [4.69, 9.17) is 4.74 Å². The van der Waals surface area contributed by atoms with Crippen LogP contribution in [0.1, 0.15) is 51.9 Å². The molecule has 2 atom stereocenters. The molecule has 0 aromatic heterocycles. The minimum Gasteiger partial charge on any atom is -0.385 e. The van der Waals surface area contributed by atoms with Crippen molar-refractivity contribution in [2.24, 2.45) is 5.92 Å². The number of methoxy groups -OCH3 is 1. The fourth-order valence-corrected chi connectivity index (χ4v) is 2.74. The maximum Gasteiger partial charge on any atom is 0.0462 e. The zero-order chi connectivity index (χ0) is 10.9. The van der Waals surface area contributed by atoms with Crippen LogP contribution in [0.5, 0.6) is 0 Å². The summed E-state index contributed by atoms with van der Waals surface area (Å²) >= 11 is 0. The Balaban J connectivity index is 2.17. The van der Waals surface area contributed by atoms with Gasteiger partial charge in [-0.2, -0.15) is 0 Å². The molecule has 0 amide bonds. The van der Waals surface area contributed by atoms with Crippen LogP contribution < -0.4 is 5.32 Å². The Hall–Kier alpha value is -0.0800. The summed E-state index contributed by atoms with van der Waals surface area (Å²) < 4.78 is 5.09. The van der Waals surface area contributed by atoms with Crippen LogP contribution in [0.15, 0.2) is 0 Å². The van der Waals surface area contributed by atoms with Gasteiger partial charge in [-0.25, -0.2) is 0 Å². The van der Waals surface area contributed by atoms with Crippen molar-refractivity contribution in [1.29, 1.82) is 0 Å². The van der Waals surface area contributed by atoms with E-state index in [1.807, 2.05) is 0 Å². The zero-order valence-electron chi connectivity index (χ0n) is 10.4. The van der Waals surface area contributed by atoms with E-state index >= 15 is 0 Å². The molecule has 0 aliphatic heterocycles. The zero-order valence-corrected chi connectivity index (χ0v) is 10.4. The SMILES string of the molecule is CCNC1CCCCC1CCCCOC. The van der Waals surface area contributed by atoms with Crippen LogP contribution in [-0.4, -0.2) is 26.3 Å². The van der Waals surface area contributed by atoms with E-state index in [0.717, 1.165) is 25.1 Å². The van der Waals surface area contributed by atoms with E-state index in [9.17, 15) is 0 Å². The molecule has 2 unspecified atom stereocenters. The Labute approximate surface area is 94.8 Å². The fourth-order valence-electron chi connectivity index (χ4n) is 2.74. The van der Waals surface area contributed by atoms with Gasteiger partial charge < -0.3 is 10.1 Å². The summed E-state index contributed by atoms with van der Waals surface area (Å²) in [4.78, 5) is 0. The number of unbranched alkanes of at least 4 members (excludes halogenated alkanes) is 1. The molecule has 2 nitrogen and oxygen atoms in total. The minimum absolute atomic E-state index is 0.797. The van der Waals surface area contributed by atoms with E-state index < -0.39 is 0 Å². The first-order valence-corrected chi connectivity index (χ1v) is 6.60. The van der Waals surface area contributed by atoms with Crippen molar-refractivity contribution in [3.05, 3.63) is 0 Å². The molecule has 0 saturated heterocycles. The molecule has 15 heavy (non-hydrogen) atoms. The van der Waals surface area contributed by atoms with E-state index in [1.54, 1.807) is 7.11 Å². The first-order chi connectivity index (χ1) is 7.38. The molecular weight excluding hydrogens is 186 g/mol. The molecular formula is C13H27NO. The normalized spacial score (nSPS) is 26.8. The summed E-state index contributed by atoms with van der Waals surface area (Å²) in [6.45, 7) is 4.27. The van der Waals surface area contributed by atoms with Gasteiger partial charge in [0.25, 0.3) is 0 Å². The fraction of sp³-hybridized carbons (Fsp3) is 1.00. The average Bonchev–Trinajstić information content (AvgIpc) is 2.27. The van der Waals surface area contributed by atoms with Crippen molar-refractivity contribution in [1.82, 2.24) is 5.32 Å². The lowest BCUT2D eigenvalue weighted by Crippen LogP contribution is -2.38. The summed E-state index contributed by atoms with van der Waals surface area (Å²) in [6, 6.07) is 0.797. The Morgan fingerprint density at radius 2 is 2.00 bits per heavy atom. The predicted molar refractivity (Wildman–Crippen MR) is 65.1 cm³/mol. The maximum absolute atomic E-state index is 5.09. The van der Waals surface area contributed by atoms with Crippen molar-refractivity contribution in [2.45, 2.75) is 57.9 Å². The molecule has 0 radical (unpaired) electrons. The van der Waals surface area contributed by atoms with E-state index in [-0.39, 0.29) is 0 Å². The number of hydrogen-bond donors (Lipinski definition) is 1. The predicted octanol–water partition coefficient (Wildman–Crippen LogP) is 2.97. The number of ether oxygens (including phenoxy) is 1. The van der Waals surface area contributed by atoms with Crippen LogP contribution in [-0.2, 0) is 4.74 Å². The van der Waals surface area contributed by atoms with Crippen molar-refractivity contribution in [3.63, 3.8) is 0 Å². The average molecular weight is 213 g/mol. The van der Waals surface area contributed by atoms with Gasteiger partial charge in [-0.15, -0.1) is 0 Å². The Kier molecular flexibility index (Phi) is 7.03. The monoisotopic (exact) mass is 213 g/mol. The van der Waals surface area contributed by atoms with Crippen molar-refractivity contribution >= 4 is 0 Å². The van der Waals surface area contributed by atoms with Crippen molar-refractivity contribution in [2.75, 3.05) is 20.3 Å². The summed E-state index contributed by atoms with van der Waals surface area (Å²) in [7, 11) is 1.79. The Bertz CT molecular complexity index is 147. The van der Waals surface area contributed by atoms with Gasteiger partial charge in [0.05, 0.1) is 0 Å². The smallest absolute Gasteiger partial charge is 0.0462 e. The minimum atomic E-state index is 0.797. The summed E-state index contributed by atoms with van der Waals surface area (Å²) in [5, 5.41) is 3.64. The number of hydrogen-bond acceptors (Lipinski definition) is 2. The first kappa shape index (κ1) is 13.0. The summed E-state index contributed by atoms with van der Waals surface area (Å²) in [5.74, 6) is 0.926. The third-order valence-corrected chi connectivity index (χ3v) is 3.55. The first-order valence-electron chi connectivity index (χ1n) is 6.60. The highest BCUT2D eigenvalue weighted by molar-refractivity contribution is 4.80. The topological polar surface area (TPSA) is 21.3 Å². The Morgan fingerprint density at radius 3 is 2.73 bits per heavy atom. The lowest BCUT2D eigenvalue weighted by molar-refractivity contribution is 0.183. The highest BCUT2D eigenvalue weighted by atomic mass is 16.5. The molecule has 0 aromatic carbocycles. The lowest BCUT2D eigenvalue weighted by atomic mass is 9.81. The van der Waals surface area contributed by atoms with Crippen LogP contribution >= 0.6 is 0 Å². The largest absolute Gasteiger partial charge is 0.385 e. The highest BCUT2D eigenvalue weighted by Gasteiger charge is 2.23. The molecule has 1 fully saturated rings. The van der Waals surface area contributed by atoms with Crippen LogP contribution in [0.3, 0.4) is 0 Å². The van der Waals surface area contributed by atoms with Gasteiger partial charge in [-0.1, -0.05) is 26.2 Å². The molecule has 90 valence electrons. The third-order valence-electron chi connectivity index (χ3n) is 3.55. The molecule has 0 spiro atoms. The second kappa shape index (κ2) is 8.12. The molecule has 1 rings (SSSR count). The molecule has 0 heterocycles. The van der Waals surface area contributed by atoms with Crippen LogP contribution in [0.25, 0.3) is 0 Å². The third kappa shape index (κ3) is 4.98. The van der Waals surface area contributed by atoms with Gasteiger partial charge in [0.15, 0.2) is 0 Å². The molecule has 1 aliphatic carbocycles. The Morgan fingerprint density at radius 1 is 1.20 bits per heavy atom. The molecule has 2 heteroatoms. The summed E-state index contributed by atoms with van der Waals surface area (Å²) in [5.41, 5.74) is 0. The van der Waals surface area contributed by atoms with Crippen LogP contribution in [0, 0.1) is 5.92 Å². The molecule has 0 aromatic rings. The molecule has 1 aliphatic rings. The molecule has 1 saturated carbocycles. The van der Waals surface area contributed by atoms with E-state index in [1.165, 1.54) is 44.9 Å². The van der Waals surface area contributed by atoms with Crippen molar-refractivity contribution < 1.29 is 4.74 Å². The highest BCUT2D eigenvalue weighted by Crippen LogP contribution is 2.28. The van der Waals surface area contributed by atoms with E-state index in [0.29, 0.717) is 0 Å². The summed E-state index contributed by atoms with van der Waals surface area (Å²) in [6.07, 6.45) is 9.64.